The zero-order valence-electron chi connectivity index (χ0n) is 6.81. The van der Waals surface area contributed by atoms with Gasteiger partial charge in [0.1, 0.15) is 0 Å². The number of rotatable bonds is 5. The molecule has 0 aliphatic heterocycles. The lowest BCUT2D eigenvalue weighted by Gasteiger charge is -2.09. The van der Waals surface area contributed by atoms with Crippen molar-refractivity contribution in [2.45, 2.75) is 38.7 Å². The van der Waals surface area contributed by atoms with E-state index in [4.69, 9.17) is 4.43 Å². The lowest BCUT2D eigenvalue weighted by molar-refractivity contribution is 0.423. The van der Waals surface area contributed by atoms with Gasteiger partial charge in [-0.05, 0) is 5.54 Å². The quantitative estimate of drug-likeness (QED) is 0.537. The van der Waals surface area contributed by atoms with Gasteiger partial charge in [0.05, 0.1) is 0 Å². The summed E-state index contributed by atoms with van der Waals surface area (Å²) in [7, 11) is 1.66. The minimum absolute atomic E-state index is 0.175. The van der Waals surface area contributed by atoms with Crippen LogP contribution in [0.1, 0.15) is 33.1 Å². The van der Waals surface area contributed by atoms with Crippen LogP contribution in [0.2, 0.25) is 5.54 Å². The highest BCUT2D eigenvalue weighted by Gasteiger charge is 2.03. The summed E-state index contributed by atoms with van der Waals surface area (Å²) >= 11 is 0. The average molecular weight is 146 g/mol. The molecule has 0 rings (SSSR count). The molecule has 9 heavy (non-hydrogen) atoms. The van der Waals surface area contributed by atoms with Gasteiger partial charge < -0.3 is 4.43 Å². The highest BCUT2D eigenvalue weighted by atomic mass is 28.2. The normalized spacial score (nSPS) is 15.0. The molecule has 1 atom stereocenters. The molecular formula is C7H18OSi. The predicted molar refractivity (Wildman–Crippen MR) is 44.5 cm³/mol. The highest BCUT2D eigenvalue weighted by molar-refractivity contribution is 6.29. The van der Waals surface area contributed by atoms with E-state index >= 15 is 0 Å². The molecule has 0 spiro atoms. The van der Waals surface area contributed by atoms with Crippen molar-refractivity contribution in [3.63, 3.8) is 0 Å². The van der Waals surface area contributed by atoms with E-state index in [1.54, 1.807) is 0 Å². The maximum Gasteiger partial charge on any atom is 0.164 e. The van der Waals surface area contributed by atoms with Gasteiger partial charge in [0.25, 0.3) is 0 Å². The van der Waals surface area contributed by atoms with Crippen LogP contribution < -0.4 is 0 Å². The fourth-order valence-corrected chi connectivity index (χ4v) is 2.33. The lowest BCUT2D eigenvalue weighted by Crippen LogP contribution is -2.04. The molecule has 0 aliphatic rings. The second-order valence-electron chi connectivity index (χ2n) is 2.52. The van der Waals surface area contributed by atoms with Crippen molar-refractivity contribution in [2.24, 2.45) is 0 Å². The zero-order chi connectivity index (χ0) is 7.11. The first kappa shape index (κ1) is 9.18. The van der Waals surface area contributed by atoms with Crippen LogP contribution in [0.25, 0.3) is 0 Å². The van der Waals surface area contributed by atoms with E-state index < -0.39 is 0 Å². The third-order valence-electron chi connectivity index (χ3n) is 1.68. The van der Waals surface area contributed by atoms with Gasteiger partial charge in [-0.15, -0.1) is 0 Å². The molecule has 0 aromatic heterocycles. The van der Waals surface area contributed by atoms with E-state index in [1.165, 1.54) is 19.3 Å². The van der Waals surface area contributed by atoms with Crippen LogP contribution in [0.3, 0.4) is 0 Å². The summed E-state index contributed by atoms with van der Waals surface area (Å²) in [5.41, 5.74) is 0.931. The van der Waals surface area contributed by atoms with Crippen LogP contribution in [0.4, 0.5) is 0 Å². The molecule has 2 heteroatoms. The standard InChI is InChI=1S/C7H18OSi/c1-4-6-7(5-2)9-8-3/h7H,4-6,9H2,1-3H3. The smallest absolute Gasteiger partial charge is 0.164 e. The minimum atomic E-state index is -0.175. The van der Waals surface area contributed by atoms with Gasteiger partial charge in [-0.3, -0.25) is 0 Å². The fraction of sp³-hybridized carbons (Fsp3) is 1.00. The predicted octanol–water partition coefficient (Wildman–Crippen LogP) is 1.72. The molecule has 0 N–H and O–H groups in total. The van der Waals surface area contributed by atoms with Crippen molar-refractivity contribution in [3.05, 3.63) is 0 Å². The average Bonchev–Trinajstić information content (AvgIpc) is 1.88. The summed E-state index contributed by atoms with van der Waals surface area (Å²) in [4.78, 5) is 0. The summed E-state index contributed by atoms with van der Waals surface area (Å²) in [6, 6.07) is 0. The number of hydrogen-bond donors (Lipinski definition) is 0. The maximum absolute atomic E-state index is 5.19. The van der Waals surface area contributed by atoms with Gasteiger partial charge in [-0.2, -0.15) is 0 Å². The summed E-state index contributed by atoms with van der Waals surface area (Å²) in [6.07, 6.45) is 4.00. The Morgan fingerprint density at radius 3 is 2.44 bits per heavy atom. The van der Waals surface area contributed by atoms with Crippen LogP contribution in [0.15, 0.2) is 0 Å². The Bertz CT molecular complexity index is 50.9. The summed E-state index contributed by atoms with van der Waals surface area (Å²) in [5, 5.41) is 0. The summed E-state index contributed by atoms with van der Waals surface area (Å²) in [6.45, 7) is 4.50. The van der Waals surface area contributed by atoms with E-state index in [1.807, 2.05) is 7.11 Å². The SMILES string of the molecule is CCCC(CC)[SiH2]OC. The van der Waals surface area contributed by atoms with Gasteiger partial charge in [-0.25, -0.2) is 0 Å². The van der Waals surface area contributed by atoms with Crippen LogP contribution in [-0.2, 0) is 4.43 Å². The van der Waals surface area contributed by atoms with Gasteiger partial charge in [0.2, 0.25) is 0 Å². The van der Waals surface area contributed by atoms with Gasteiger partial charge in [-0.1, -0.05) is 33.1 Å². The Labute approximate surface area is 60.7 Å². The van der Waals surface area contributed by atoms with Crippen molar-refractivity contribution >= 4 is 9.76 Å². The lowest BCUT2D eigenvalue weighted by atomic mass is 10.2. The van der Waals surface area contributed by atoms with Crippen molar-refractivity contribution in [1.82, 2.24) is 0 Å². The molecule has 0 amide bonds. The second kappa shape index (κ2) is 6.30. The molecule has 0 heterocycles. The topological polar surface area (TPSA) is 9.23 Å². The van der Waals surface area contributed by atoms with Crippen LogP contribution in [0.5, 0.6) is 0 Å². The first-order chi connectivity index (χ1) is 4.35. The highest BCUT2D eigenvalue weighted by Crippen LogP contribution is 2.15. The Morgan fingerprint density at radius 2 is 2.11 bits per heavy atom. The third kappa shape index (κ3) is 4.67. The zero-order valence-corrected chi connectivity index (χ0v) is 8.23. The molecule has 56 valence electrons. The second-order valence-corrected chi connectivity index (χ2v) is 4.58. The first-order valence-corrected chi connectivity index (χ1v) is 5.23. The van der Waals surface area contributed by atoms with Crippen molar-refractivity contribution in [1.29, 1.82) is 0 Å². The third-order valence-corrected chi connectivity index (χ3v) is 3.47. The van der Waals surface area contributed by atoms with E-state index in [0.29, 0.717) is 0 Å². The molecule has 0 fully saturated rings. The van der Waals surface area contributed by atoms with E-state index in [-0.39, 0.29) is 9.76 Å². The van der Waals surface area contributed by atoms with E-state index in [0.717, 1.165) is 5.54 Å². The van der Waals surface area contributed by atoms with Crippen LogP contribution in [0, 0.1) is 0 Å². The van der Waals surface area contributed by atoms with Crippen molar-refractivity contribution in [3.8, 4) is 0 Å². The Morgan fingerprint density at radius 1 is 1.44 bits per heavy atom. The molecule has 0 aromatic rings. The largest absolute Gasteiger partial charge is 0.427 e. The van der Waals surface area contributed by atoms with Crippen molar-refractivity contribution in [2.75, 3.05) is 7.11 Å². The summed E-state index contributed by atoms with van der Waals surface area (Å²) < 4.78 is 5.19. The Kier molecular flexibility index (Phi) is 6.42. The van der Waals surface area contributed by atoms with Crippen LogP contribution >= 0.6 is 0 Å². The minimum Gasteiger partial charge on any atom is -0.427 e. The molecule has 0 saturated carbocycles. The van der Waals surface area contributed by atoms with Crippen LogP contribution in [-0.4, -0.2) is 16.9 Å². The number of hydrogen-bond acceptors (Lipinski definition) is 1. The maximum atomic E-state index is 5.19. The molecule has 1 nitrogen and oxygen atoms in total. The molecule has 0 bridgehead atoms. The molecule has 1 unspecified atom stereocenters. The fourth-order valence-electron chi connectivity index (χ4n) is 1.05. The summed E-state index contributed by atoms with van der Waals surface area (Å²) in [5.74, 6) is 0. The first-order valence-electron chi connectivity index (χ1n) is 3.84. The molecule has 0 saturated heterocycles. The van der Waals surface area contributed by atoms with Gasteiger partial charge in [0.15, 0.2) is 9.76 Å². The van der Waals surface area contributed by atoms with Gasteiger partial charge in [0, 0.05) is 7.11 Å². The van der Waals surface area contributed by atoms with Gasteiger partial charge >= 0.3 is 0 Å². The molecule has 0 aromatic carbocycles. The molecular weight excluding hydrogens is 128 g/mol. The van der Waals surface area contributed by atoms with E-state index in [9.17, 15) is 0 Å². The molecule has 0 radical (unpaired) electrons. The molecule has 0 aliphatic carbocycles. The Hall–Kier alpha value is 0.177. The van der Waals surface area contributed by atoms with Crippen molar-refractivity contribution < 1.29 is 4.43 Å². The Balaban J connectivity index is 3.18. The van der Waals surface area contributed by atoms with E-state index in [2.05, 4.69) is 13.8 Å². The monoisotopic (exact) mass is 146 g/mol.